The minimum atomic E-state index is -0.0163. The van der Waals surface area contributed by atoms with Crippen molar-refractivity contribution in [1.29, 1.82) is 0 Å². The Labute approximate surface area is 130 Å². The molecule has 0 spiro atoms. The lowest BCUT2D eigenvalue weighted by molar-refractivity contribution is 0.0673. The molecule has 0 amide bonds. The first kappa shape index (κ1) is 15.8. The van der Waals surface area contributed by atoms with Gasteiger partial charge in [0.1, 0.15) is 0 Å². The van der Waals surface area contributed by atoms with E-state index in [1.54, 1.807) is 0 Å². The first-order valence-corrected chi connectivity index (χ1v) is 9.25. The normalized spacial score (nSPS) is 33.1. The van der Waals surface area contributed by atoms with E-state index in [0.29, 0.717) is 18.6 Å². The van der Waals surface area contributed by atoms with E-state index in [9.17, 15) is 5.11 Å². The summed E-state index contributed by atoms with van der Waals surface area (Å²) in [6, 6.07) is 1.42. The maximum Gasteiger partial charge on any atom is 0.0628 e. The molecule has 3 aliphatic carbocycles. The van der Waals surface area contributed by atoms with Crippen molar-refractivity contribution in [2.45, 2.75) is 82.3 Å². The van der Waals surface area contributed by atoms with E-state index in [-0.39, 0.29) is 5.54 Å². The van der Waals surface area contributed by atoms with Gasteiger partial charge in [0.25, 0.3) is 0 Å². The Morgan fingerprint density at radius 1 is 1.05 bits per heavy atom. The molecular weight excluding hydrogens is 260 g/mol. The van der Waals surface area contributed by atoms with Crippen molar-refractivity contribution < 1.29 is 5.11 Å². The molecule has 3 heteroatoms. The molecule has 2 N–H and O–H groups in total. The van der Waals surface area contributed by atoms with Crippen LogP contribution < -0.4 is 5.32 Å². The molecule has 3 nitrogen and oxygen atoms in total. The predicted molar refractivity (Wildman–Crippen MR) is 87.4 cm³/mol. The van der Waals surface area contributed by atoms with Gasteiger partial charge in [0, 0.05) is 18.6 Å². The van der Waals surface area contributed by atoms with Crippen LogP contribution in [0.4, 0.5) is 0 Å². The topological polar surface area (TPSA) is 35.5 Å². The lowest BCUT2D eigenvalue weighted by Crippen LogP contribution is -2.59. The Bertz CT molecular complexity index is 332. The molecule has 3 aliphatic rings. The Hall–Kier alpha value is -0.120. The van der Waals surface area contributed by atoms with Gasteiger partial charge in [-0.1, -0.05) is 13.3 Å². The van der Waals surface area contributed by atoms with Gasteiger partial charge in [-0.25, -0.2) is 0 Å². The molecule has 21 heavy (non-hydrogen) atoms. The maximum atomic E-state index is 10.1. The van der Waals surface area contributed by atoms with Gasteiger partial charge in [0.2, 0.25) is 0 Å². The average molecular weight is 294 g/mol. The SMILES string of the molecule is CCC1CCC(N(C)CC(CO)(NC2CC2)C2CC2)CC1. The zero-order valence-corrected chi connectivity index (χ0v) is 14.0. The summed E-state index contributed by atoms with van der Waals surface area (Å²) in [6.07, 6.45) is 12.1. The van der Waals surface area contributed by atoms with Gasteiger partial charge < -0.3 is 15.3 Å². The van der Waals surface area contributed by atoms with Gasteiger partial charge >= 0.3 is 0 Å². The Kier molecular flexibility index (Phi) is 4.92. The van der Waals surface area contributed by atoms with E-state index in [1.807, 2.05) is 0 Å². The number of aliphatic hydroxyl groups excluding tert-OH is 1. The van der Waals surface area contributed by atoms with E-state index in [2.05, 4.69) is 24.2 Å². The third-order valence-electron chi connectivity index (χ3n) is 6.26. The summed E-state index contributed by atoms with van der Waals surface area (Å²) in [4.78, 5) is 2.57. The Morgan fingerprint density at radius 3 is 2.19 bits per heavy atom. The molecular formula is C18H34N2O. The number of aliphatic hydroxyl groups is 1. The fourth-order valence-corrected chi connectivity index (χ4v) is 4.36. The summed E-state index contributed by atoms with van der Waals surface area (Å²) in [7, 11) is 2.29. The molecule has 3 saturated carbocycles. The smallest absolute Gasteiger partial charge is 0.0628 e. The van der Waals surface area contributed by atoms with Crippen LogP contribution in [0, 0.1) is 11.8 Å². The van der Waals surface area contributed by atoms with Crippen LogP contribution >= 0.6 is 0 Å². The third kappa shape index (κ3) is 3.80. The number of hydrogen-bond acceptors (Lipinski definition) is 3. The Balaban J connectivity index is 1.57. The second-order valence-corrected chi connectivity index (χ2v) is 8.01. The highest BCUT2D eigenvalue weighted by Crippen LogP contribution is 2.42. The van der Waals surface area contributed by atoms with Crippen molar-refractivity contribution in [3.8, 4) is 0 Å². The van der Waals surface area contributed by atoms with Crippen molar-refractivity contribution >= 4 is 0 Å². The molecule has 0 aromatic rings. The fraction of sp³-hybridized carbons (Fsp3) is 1.00. The van der Waals surface area contributed by atoms with Gasteiger partial charge in [-0.3, -0.25) is 0 Å². The summed E-state index contributed by atoms with van der Waals surface area (Å²) in [5, 5.41) is 13.9. The van der Waals surface area contributed by atoms with E-state index < -0.39 is 0 Å². The molecule has 122 valence electrons. The highest BCUT2D eigenvalue weighted by atomic mass is 16.3. The van der Waals surface area contributed by atoms with Gasteiger partial charge in [-0.15, -0.1) is 0 Å². The summed E-state index contributed by atoms with van der Waals surface area (Å²) in [5.41, 5.74) is -0.0163. The zero-order valence-electron chi connectivity index (χ0n) is 14.0. The third-order valence-corrected chi connectivity index (χ3v) is 6.26. The predicted octanol–water partition coefficient (Wildman–Crippen LogP) is 2.78. The van der Waals surface area contributed by atoms with Crippen LogP contribution in [0.3, 0.4) is 0 Å². The molecule has 1 unspecified atom stereocenters. The van der Waals surface area contributed by atoms with E-state index in [1.165, 1.54) is 57.8 Å². The van der Waals surface area contributed by atoms with Crippen molar-refractivity contribution in [3.63, 3.8) is 0 Å². The summed E-state index contributed by atoms with van der Waals surface area (Å²) in [6.45, 7) is 3.67. The molecule has 0 aliphatic heterocycles. The average Bonchev–Trinajstić information content (AvgIpc) is 3.39. The second kappa shape index (κ2) is 6.55. The summed E-state index contributed by atoms with van der Waals surface area (Å²) < 4.78 is 0. The zero-order chi connectivity index (χ0) is 14.9. The van der Waals surface area contributed by atoms with Crippen LogP contribution in [0.25, 0.3) is 0 Å². The number of rotatable bonds is 8. The number of likely N-dealkylation sites (N-methyl/N-ethyl adjacent to an activating group) is 1. The molecule has 0 aromatic heterocycles. The maximum absolute atomic E-state index is 10.1. The Morgan fingerprint density at radius 2 is 1.71 bits per heavy atom. The molecule has 1 atom stereocenters. The minimum Gasteiger partial charge on any atom is -0.394 e. The van der Waals surface area contributed by atoms with Crippen molar-refractivity contribution in [3.05, 3.63) is 0 Å². The van der Waals surface area contributed by atoms with E-state index in [0.717, 1.165) is 18.5 Å². The van der Waals surface area contributed by atoms with Crippen LogP contribution in [0.2, 0.25) is 0 Å². The first-order chi connectivity index (χ1) is 10.2. The lowest BCUT2D eigenvalue weighted by Gasteiger charge is -2.42. The summed E-state index contributed by atoms with van der Waals surface area (Å²) >= 11 is 0. The molecule has 0 heterocycles. The van der Waals surface area contributed by atoms with Crippen LogP contribution in [-0.2, 0) is 0 Å². The first-order valence-electron chi connectivity index (χ1n) is 9.25. The molecule has 0 bridgehead atoms. The monoisotopic (exact) mass is 294 g/mol. The van der Waals surface area contributed by atoms with Crippen LogP contribution in [-0.4, -0.2) is 47.8 Å². The molecule has 0 radical (unpaired) electrons. The van der Waals surface area contributed by atoms with Gasteiger partial charge in [0.15, 0.2) is 0 Å². The standard InChI is InChI=1S/C18H34N2O/c1-3-14-4-10-17(11-5-14)20(2)12-18(13-21,15-6-7-15)19-16-8-9-16/h14-17,19,21H,3-13H2,1-2H3. The fourth-order valence-electron chi connectivity index (χ4n) is 4.36. The molecule has 0 saturated heterocycles. The number of nitrogens with one attached hydrogen (secondary N) is 1. The highest BCUT2D eigenvalue weighted by molar-refractivity contribution is 5.06. The van der Waals surface area contributed by atoms with Gasteiger partial charge in [-0.05, 0) is 70.3 Å². The van der Waals surface area contributed by atoms with Crippen molar-refractivity contribution in [2.75, 3.05) is 20.2 Å². The molecule has 0 aromatic carbocycles. The molecule has 3 fully saturated rings. The summed E-state index contributed by atoms with van der Waals surface area (Å²) in [5.74, 6) is 1.67. The lowest BCUT2D eigenvalue weighted by atomic mass is 9.83. The van der Waals surface area contributed by atoms with Crippen molar-refractivity contribution in [2.24, 2.45) is 11.8 Å². The van der Waals surface area contributed by atoms with Crippen molar-refractivity contribution in [1.82, 2.24) is 10.2 Å². The van der Waals surface area contributed by atoms with Gasteiger partial charge in [0.05, 0.1) is 12.1 Å². The number of hydrogen-bond donors (Lipinski definition) is 2. The van der Waals surface area contributed by atoms with Gasteiger partial charge in [-0.2, -0.15) is 0 Å². The highest BCUT2D eigenvalue weighted by Gasteiger charge is 2.48. The van der Waals surface area contributed by atoms with E-state index >= 15 is 0 Å². The van der Waals surface area contributed by atoms with Crippen LogP contribution in [0.15, 0.2) is 0 Å². The second-order valence-electron chi connectivity index (χ2n) is 8.01. The molecule has 3 rings (SSSR count). The van der Waals surface area contributed by atoms with E-state index in [4.69, 9.17) is 0 Å². The largest absolute Gasteiger partial charge is 0.394 e. The quantitative estimate of drug-likeness (QED) is 0.722. The van der Waals surface area contributed by atoms with Crippen LogP contribution in [0.5, 0.6) is 0 Å². The van der Waals surface area contributed by atoms with Crippen LogP contribution in [0.1, 0.15) is 64.7 Å². The number of nitrogens with zero attached hydrogens (tertiary/aromatic N) is 1. The minimum absolute atomic E-state index is 0.0163.